The second-order valence-corrected chi connectivity index (χ2v) is 8.94. The number of sulfonamides is 1. The van der Waals surface area contributed by atoms with Gasteiger partial charge in [-0.05, 0) is 51.0 Å². The zero-order valence-electron chi connectivity index (χ0n) is 17.3. The highest BCUT2D eigenvalue weighted by Crippen LogP contribution is 2.31. The van der Waals surface area contributed by atoms with E-state index >= 15 is 0 Å². The van der Waals surface area contributed by atoms with E-state index in [0.29, 0.717) is 56.3 Å². The van der Waals surface area contributed by atoms with Crippen molar-refractivity contribution in [3.05, 3.63) is 48.5 Å². The highest BCUT2D eigenvalue weighted by atomic mass is 32.2. The molecule has 2 aromatic carbocycles. The Balaban J connectivity index is 1.65. The normalized spacial score (nSPS) is 15.5. The number of anilines is 1. The zero-order valence-corrected chi connectivity index (χ0v) is 18.2. The quantitative estimate of drug-likeness (QED) is 0.690. The van der Waals surface area contributed by atoms with Gasteiger partial charge < -0.3 is 14.8 Å². The summed E-state index contributed by atoms with van der Waals surface area (Å²) in [6, 6.07) is 13.7. The second kappa shape index (κ2) is 9.95. The molecular weight excluding hydrogens is 404 g/mol. The van der Waals surface area contributed by atoms with Crippen LogP contribution in [0.5, 0.6) is 11.5 Å². The molecule has 162 valence electrons. The summed E-state index contributed by atoms with van der Waals surface area (Å²) >= 11 is 0. The van der Waals surface area contributed by atoms with Crippen LogP contribution >= 0.6 is 0 Å². The van der Waals surface area contributed by atoms with Crippen molar-refractivity contribution in [2.45, 2.75) is 31.6 Å². The van der Waals surface area contributed by atoms with E-state index in [-0.39, 0.29) is 16.7 Å². The lowest BCUT2D eigenvalue weighted by molar-refractivity contribution is -0.120. The number of carbonyl (C=O) groups is 1. The van der Waals surface area contributed by atoms with Crippen molar-refractivity contribution in [3.63, 3.8) is 0 Å². The Hall–Kier alpha value is -2.58. The molecule has 1 saturated heterocycles. The minimum absolute atomic E-state index is 0.138. The summed E-state index contributed by atoms with van der Waals surface area (Å²) in [5.74, 6) is 0.831. The molecular formula is C22H28N2O5S. The first kappa shape index (κ1) is 22.1. The molecule has 0 aromatic heterocycles. The van der Waals surface area contributed by atoms with Crippen LogP contribution < -0.4 is 14.8 Å². The van der Waals surface area contributed by atoms with E-state index < -0.39 is 10.0 Å². The van der Waals surface area contributed by atoms with Crippen molar-refractivity contribution in [1.82, 2.24) is 4.31 Å². The van der Waals surface area contributed by atoms with E-state index in [2.05, 4.69) is 5.32 Å². The number of carbonyl (C=O) groups excluding carboxylic acids is 1. The van der Waals surface area contributed by atoms with Gasteiger partial charge in [-0.1, -0.05) is 18.2 Å². The summed E-state index contributed by atoms with van der Waals surface area (Å²) < 4.78 is 38.1. The smallest absolute Gasteiger partial charge is 0.243 e. The van der Waals surface area contributed by atoms with E-state index in [4.69, 9.17) is 9.47 Å². The first-order valence-electron chi connectivity index (χ1n) is 10.2. The fourth-order valence-electron chi connectivity index (χ4n) is 3.48. The maximum absolute atomic E-state index is 12.8. The lowest BCUT2D eigenvalue weighted by atomic mass is 9.97. The maximum Gasteiger partial charge on any atom is 0.243 e. The van der Waals surface area contributed by atoms with E-state index in [9.17, 15) is 13.2 Å². The number of hydrogen-bond acceptors (Lipinski definition) is 5. The standard InChI is InChI=1S/C22H28N2O5S/c1-3-28-18-10-11-21(29-4-2)20(16-18)23-22(25)17-12-14-24(15-13-17)30(26,27)19-8-6-5-7-9-19/h5-11,16-17H,3-4,12-15H2,1-2H3,(H,23,25). The molecule has 2 aromatic rings. The summed E-state index contributed by atoms with van der Waals surface area (Å²) in [5, 5.41) is 2.94. The van der Waals surface area contributed by atoms with Gasteiger partial charge in [0.15, 0.2) is 0 Å². The topological polar surface area (TPSA) is 84.9 Å². The molecule has 1 aliphatic heterocycles. The third kappa shape index (κ3) is 5.12. The average molecular weight is 433 g/mol. The average Bonchev–Trinajstić information content (AvgIpc) is 2.76. The van der Waals surface area contributed by atoms with Crippen molar-refractivity contribution in [2.75, 3.05) is 31.6 Å². The van der Waals surface area contributed by atoms with Crippen LogP contribution in [0.3, 0.4) is 0 Å². The first-order chi connectivity index (χ1) is 14.5. The molecule has 0 aliphatic carbocycles. The molecule has 0 bridgehead atoms. The van der Waals surface area contributed by atoms with Crippen molar-refractivity contribution in [3.8, 4) is 11.5 Å². The minimum Gasteiger partial charge on any atom is -0.494 e. The highest BCUT2D eigenvalue weighted by Gasteiger charge is 2.32. The fourth-order valence-corrected chi connectivity index (χ4v) is 4.97. The molecule has 1 aliphatic rings. The molecule has 0 atom stereocenters. The number of amides is 1. The van der Waals surface area contributed by atoms with E-state index in [0.717, 1.165) is 0 Å². The van der Waals surface area contributed by atoms with Crippen LogP contribution in [0, 0.1) is 5.92 Å². The molecule has 3 rings (SSSR count). The van der Waals surface area contributed by atoms with Crippen molar-refractivity contribution in [1.29, 1.82) is 0 Å². The summed E-state index contributed by atoms with van der Waals surface area (Å²) in [5.41, 5.74) is 0.562. The van der Waals surface area contributed by atoms with Crippen LogP contribution in [0.15, 0.2) is 53.4 Å². The minimum atomic E-state index is -3.53. The number of nitrogens with one attached hydrogen (secondary N) is 1. The van der Waals surface area contributed by atoms with Gasteiger partial charge in [-0.2, -0.15) is 4.31 Å². The van der Waals surface area contributed by atoms with Crippen molar-refractivity contribution < 1.29 is 22.7 Å². The maximum atomic E-state index is 12.8. The van der Waals surface area contributed by atoms with Gasteiger partial charge in [0.2, 0.25) is 15.9 Å². The number of benzene rings is 2. The van der Waals surface area contributed by atoms with E-state index in [1.807, 2.05) is 13.8 Å². The lowest BCUT2D eigenvalue weighted by Crippen LogP contribution is -2.41. The van der Waals surface area contributed by atoms with E-state index in [1.54, 1.807) is 48.5 Å². The Labute approximate surface area is 178 Å². The molecule has 8 heteroatoms. The summed E-state index contributed by atoms with van der Waals surface area (Å²) in [6.07, 6.45) is 0.931. The molecule has 1 amide bonds. The lowest BCUT2D eigenvalue weighted by Gasteiger charge is -2.30. The molecule has 0 radical (unpaired) electrons. The van der Waals surface area contributed by atoms with Gasteiger partial charge in [0, 0.05) is 25.1 Å². The first-order valence-corrected chi connectivity index (χ1v) is 11.7. The summed E-state index contributed by atoms with van der Waals surface area (Å²) in [6.45, 7) is 5.40. The molecule has 0 spiro atoms. The van der Waals surface area contributed by atoms with Crippen LogP contribution in [0.25, 0.3) is 0 Å². The third-order valence-corrected chi connectivity index (χ3v) is 6.94. The fraction of sp³-hybridized carbons (Fsp3) is 0.409. The molecule has 1 fully saturated rings. The van der Waals surface area contributed by atoms with Gasteiger partial charge in [-0.3, -0.25) is 4.79 Å². The number of piperidine rings is 1. The molecule has 0 unspecified atom stereocenters. The Bertz CT molecular complexity index is 955. The number of hydrogen-bond donors (Lipinski definition) is 1. The van der Waals surface area contributed by atoms with Crippen LogP contribution in [0.2, 0.25) is 0 Å². The predicted octanol–water partition coefficient (Wildman–Crippen LogP) is 3.52. The van der Waals surface area contributed by atoms with Crippen molar-refractivity contribution >= 4 is 21.6 Å². The van der Waals surface area contributed by atoms with Gasteiger partial charge in [-0.25, -0.2) is 8.42 Å². The zero-order chi connectivity index (χ0) is 21.6. The number of rotatable bonds is 8. The Morgan fingerprint density at radius 3 is 2.33 bits per heavy atom. The van der Waals surface area contributed by atoms with Crippen LogP contribution in [-0.4, -0.2) is 44.9 Å². The molecule has 1 N–H and O–H groups in total. The second-order valence-electron chi connectivity index (χ2n) is 7.00. The number of nitrogens with zero attached hydrogens (tertiary/aromatic N) is 1. The largest absolute Gasteiger partial charge is 0.494 e. The highest BCUT2D eigenvalue weighted by molar-refractivity contribution is 7.89. The summed E-state index contributed by atoms with van der Waals surface area (Å²) in [4.78, 5) is 13.1. The molecule has 1 heterocycles. The van der Waals surface area contributed by atoms with Crippen LogP contribution in [-0.2, 0) is 14.8 Å². The molecule has 7 nitrogen and oxygen atoms in total. The Morgan fingerprint density at radius 1 is 1.03 bits per heavy atom. The third-order valence-electron chi connectivity index (χ3n) is 5.03. The predicted molar refractivity (Wildman–Crippen MR) is 115 cm³/mol. The Kier molecular flexibility index (Phi) is 7.33. The molecule has 0 saturated carbocycles. The van der Waals surface area contributed by atoms with Gasteiger partial charge in [0.05, 0.1) is 23.8 Å². The molecule has 30 heavy (non-hydrogen) atoms. The SMILES string of the molecule is CCOc1ccc(OCC)c(NC(=O)C2CCN(S(=O)(=O)c3ccccc3)CC2)c1. The van der Waals surface area contributed by atoms with Crippen molar-refractivity contribution in [2.24, 2.45) is 5.92 Å². The van der Waals surface area contributed by atoms with Crippen LogP contribution in [0.4, 0.5) is 5.69 Å². The van der Waals surface area contributed by atoms with Crippen LogP contribution in [0.1, 0.15) is 26.7 Å². The van der Waals surface area contributed by atoms with E-state index in [1.165, 1.54) is 4.31 Å². The monoisotopic (exact) mass is 432 g/mol. The van der Waals surface area contributed by atoms with Gasteiger partial charge in [-0.15, -0.1) is 0 Å². The number of ether oxygens (including phenoxy) is 2. The van der Waals surface area contributed by atoms with Gasteiger partial charge in [0.1, 0.15) is 11.5 Å². The van der Waals surface area contributed by atoms with Gasteiger partial charge in [0.25, 0.3) is 0 Å². The Morgan fingerprint density at radius 2 is 1.70 bits per heavy atom. The van der Waals surface area contributed by atoms with Gasteiger partial charge >= 0.3 is 0 Å². The summed E-state index contributed by atoms with van der Waals surface area (Å²) in [7, 11) is -3.53.